The van der Waals surface area contributed by atoms with Crippen LogP contribution in [-0.2, 0) is 5.41 Å². The Balaban J connectivity index is 2.24. The minimum Gasteiger partial charge on any atom is -0.0619 e. The van der Waals surface area contributed by atoms with Crippen molar-refractivity contribution in [3.05, 3.63) is 71.3 Å². The standard InChI is InChI=1S/C22H22/c1-14(2)18-13-15-9-5-6-10-16(15)21-20(18)17-11-7-8-12-19(17)22(21,3)4/h5-14H,1-4H3. The van der Waals surface area contributed by atoms with Crippen molar-refractivity contribution >= 4 is 10.8 Å². The Kier molecular flexibility index (Phi) is 2.75. The maximum absolute atomic E-state index is 2.40. The van der Waals surface area contributed by atoms with E-state index in [0.29, 0.717) is 5.92 Å². The monoisotopic (exact) mass is 286 g/mol. The molecule has 0 nitrogen and oxygen atoms in total. The Morgan fingerprint density at radius 2 is 1.55 bits per heavy atom. The van der Waals surface area contributed by atoms with E-state index in [9.17, 15) is 0 Å². The van der Waals surface area contributed by atoms with Gasteiger partial charge in [-0.15, -0.1) is 0 Å². The Morgan fingerprint density at radius 3 is 2.32 bits per heavy atom. The highest BCUT2D eigenvalue weighted by molar-refractivity contribution is 5.99. The molecule has 4 rings (SSSR count). The second kappa shape index (κ2) is 4.46. The Hall–Kier alpha value is -2.08. The van der Waals surface area contributed by atoms with Crippen LogP contribution in [0.15, 0.2) is 54.6 Å². The van der Waals surface area contributed by atoms with Crippen LogP contribution in [0.3, 0.4) is 0 Å². The quantitative estimate of drug-likeness (QED) is 0.494. The van der Waals surface area contributed by atoms with Gasteiger partial charge >= 0.3 is 0 Å². The van der Waals surface area contributed by atoms with Gasteiger partial charge in [-0.2, -0.15) is 0 Å². The van der Waals surface area contributed by atoms with E-state index >= 15 is 0 Å². The van der Waals surface area contributed by atoms with Crippen molar-refractivity contribution in [2.24, 2.45) is 0 Å². The van der Waals surface area contributed by atoms with Crippen LogP contribution in [0, 0.1) is 0 Å². The first-order valence-corrected chi connectivity index (χ1v) is 8.18. The van der Waals surface area contributed by atoms with E-state index in [2.05, 4.69) is 82.3 Å². The van der Waals surface area contributed by atoms with Crippen LogP contribution in [-0.4, -0.2) is 0 Å². The summed E-state index contributed by atoms with van der Waals surface area (Å²) in [6, 6.07) is 20.2. The molecule has 0 aliphatic heterocycles. The highest BCUT2D eigenvalue weighted by Crippen LogP contribution is 2.53. The summed E-state index contributed by atoms with van der Waals surface area (Å²) in [6.45, 7) is 9.35. The molecule has 3 aromatic rings. The first-order valence-electron chi connectivity index (χ1n) is 8.18. The molecule has 0 aromatic heterocycles. The summed E-state index contributed by atoms with van der Waals surface area (Å²) in [5.41, 5.74) is 7.42. The first-order chi connectivity index (χ1) is 10.5. The van der Waals surface area contributed by atoms with Crippen LogP contribution >= 0.6 is 0 Å². The summed E-state index contributed by atoms with van der Waals surface area (Å²) < 4.78 is 0. The van der Waals surface area contributed by atoms with Gasteiger partial charge in [0.15, 0.2) is 0 Å². The van der Waals surface area contributed by atoms with Gasteiger partial charge in [0, 0.05) is 5.41 Å². The van der Waals surface area contributed by atoms with Crippen LogP contribution in [0.2, 0.25) is 0 Å². The maximum Gasteiger partial charge on any atom is 0.0165 e. The fourth-order valence-corrected chi connectivity index (χ4v) is 4.14. The lowest BCUT2D eigenvalue weighted by molar-refractivity contribution is 0.665. The number of hydrogen-bond acceptors (Lipinski definition) is 0. The molecule has 0 heteroatoms. The molecule has 110 valence electrons. The molecule has 3 aromatic carbocycles. The molecule has 22 heavy (non-hydrogen) atoms. The zero-order valence-electron chi connectivity index (χ0n) is 13.8. The van der Waals surface area contributed by atoms with Gasteiger partial charge in [0.05, 0.1) is 0 Å². The number of hydrogen-bond donors (Lipinski definition) is 0. The SMILES string of the molecule is CC(C)c1cc2ccccc2c2c1-c1ccccc1C2(C)C. The molecule has 0 heterocycles. The van der Waals surface area contributed by atoms with Crippen molar-refractivity contribution in [2.75, 3.05) is 0 Å². The van der Waals surface area contributed by atoms with Gasteiger partial charge in [0.25, 0.3) is 0 Å². The van der Waals surface area contributed by atoms with E-state index in [1.54, 1.807) is 0 Å². The molecular formula is C22H22. The number of rotatable bonds is 1. The summed E-state index contributed by atoms with van der Waals surface area (Å²) in [4.78, 5) is 0. The van der Waals surface area contributed by atoms with Gasteiger partial charge in [0.1, 0.15) is 0 Å². The van der Waals surface area contributed by atoms with Crippen molar-refractivity contribution in [1.29, 1.82) is 0 Å². The Bertz CT molecular complexity index is 882. The van der Waals surface area contributed by atoms with Crippen LogP contribution in [0.5, 0.6) is 0 Å². The molecule has 0 N–H and O–H groups in total. The van der Waals surface area contributed by atoms with Crippen LogP contribution in [0.4, 0.5) is 0 Å². The summed E-state index contributed by atoms with van der Waals surface area (Å²) in [5, 5.41) is 2.77. The van der Waals surface area contributed by atoms with Gasteiger partial charge in [-0.05, 0) is 44.5 Å². The normalized spacial score (nSPS) is 15.1. The van der Waals surface area contributed by atoms with Crippen molar-refractivity contribution in [2.45, 2.75) is 39.0 Å². The average molecular weight is 286 g/mol. The van der Waals surface area contributed by atoms with Gasteiger partial charge in [0.2, 0.25) is 0 Å². The largest absolute Gasteiger partial charge is 0.0619 e. The zero-order valence-corrected chi connectivity index (χ0v) is 13.8. The summed E-state index contributed by atoms with van der Waals surface area (Å²) in [5.74, 6) is 0.528. The molecular weight excluding hydrogens is 264 g/mol. The molecule has 0 fully saturated rings. The fraction of sp³-hybridized carbons (Fsp3) is 0.273. The molecule has 1 aliphatic carbocycles. The predicted molar refractivity (Wildman–Crippen MR) is 95.6 cm³/mol. The van der Waals surface area contributed by atoms with Gasteiger partial charge < -0.3 is 0 Å². The van der Waals surface area contributed by atoms with E-state index < -0.39 is 0 Å². The summed E-state index contributed by atoms with van der Waals surface area (Å²) >= 11 is 0. The highest BCUT2D eigenvalue weighted by Gasteiger charge is 2.38. The van der Waals surface area contributed by atoms with E-state index in [1.807, 2.05) is 0 Å². The van der Waals surface area contributed by atoms with Crippen LogP contribution in [0.25, 0.3) is 21.9 Å². The zero-order chi connectivity index (χ0) is 15.5. The lowest BCUT2D eigenvalue weighted by Crippen LogP contribution is -2.15. The second-order valence-corrected chi connectivity index (χ2v) is 7.26. The average Bonchev–Trinajstić information content (AvgIpc) is 2.76. The van der Waals surface area contributed by atoms with E-state index in [0.717, 1.165) is 0 Å². The first kappa shape index (κ1) is 13.6. The van der Waals surface area contributed by atoms with E-state index in [-0.39, 0.29) is 5.41 Å². The van der Waals surface area contributed by atoms with Crippen LogP contribution < -0.4 is 0 Å². The molecule has 0 amide bonds. The smallest absolute Gasteiger partial charge is 0.0165 e. The third kappa shape index (κ3) is 1.64. The molecule has 0 spiro atoms. The van der Waals surface area contributed by atoms with Gasteiger partial charge in [-0.1, -0.05) is 82.3 Å². The van der Waals surface area contributed by atoms with Crippen molar-refractivity contribution in [3.63, 3.8) is 0 Å². The predicted octanol–water partition coefficient (Wildman–Crippen LogP) is 6.27. The minimum atomic E-state index is 0.0659. The van der Waals surface area contributed by atoms with Gasteiger partial charge in [-0.3, -0.25) is 0 Å². The molecule has 0 saturated heterocycles. The van der Waals surface area contributed by atoms with E-state index in [1.165, 1.54) is 38.6 Å². The number of fused-ring (bicyclic) bond motifs is 5. The Labute approximate surface area is 132 Å². The molecule has 0 bridgehead atoms. The van der Waals surface area contributed by atoms with Crippen LogP contribution in [0.1, 0.15) is 50.3 Å². The van der Waals surface area contributed by atoms with Crippen molar-refractivity contribution in [3.8, 4) is 11.1 Å². The second-order valence-electron chi connectivity index (χ2n) is 7.26. The molecule has 0 radical (unpaired) electrons. The van der Waals surface area contributed by atoms with Gasteiger partial charge in [-0.25, -0.2) is 0 Å². The maximum atomic E-state index is 2.40. The third-order valence-electron chi connectivity index (χ3n) is 5.20. The lowest BCUT2D eigenvalue weighted by Gasteiger charge is -2.24. The highest BCUT2D eigenvalue weighted by atomic mass is 14.4. The van der Waals surface area contributed by atoms with Crippen molar-refractivity contribution in [1.82, 2.24) is 0 Å². The molecule has 0 saturated carbocycles. The number of benzene rings is 3. The molecule has 0 unspecified atom stereocenters. The molecule has 1 aliphatic rings. The van der Waals surface area contributed by atoms with E-state index in [4.69, 9.17) is 0 Å². The Morgan fingerprint density at radius 1 is 0.864 bits per heavy atom. The summed E-state index contributed by atoms with van der Waals surface area (Å²) in [7, 11) is 0. The fourth-order valence-electron chi connectivity index (χ4n) is 4.14. The lowest BCUT2D eigenvalue weighted by atomic mass is 9.79. The molecule has 0 atom stereocenters. The minimum absolute atomic E-state index is 0.0659. The van der Waals surface area contributed by atoms with Crippen molar-refractivity contribution < 1.29 is 0 Å². The topological polar surface area (TPSA) is 0 Å². The summed E-state index contributed by atoms with van der Waals surface area (Å²) in [6.07, 6.45) is 0. The third-order valence-corrected chi connectivity index (χ3v) is 5.20.